The van der Waals surface area contributed by atoms with Gasteiger partial charge in [-0.1, -0.05) is 48.0 Å². The van der Waals surface area contributed by atoms with Crippen molar-refractivity contribution < 1.29 is 18.8 Å². The van der Waals surface area contributed by atoms with Gasteiger partial charge in [0.05, 0.1) is 11.7 Å². The van der Waals surface area contributed by atoms with Crippen molar-refractivity contribution in [3.05, 3.63) is 74.8 Å². The Morgan fingerprint density at radius 2 is 1.96 bits per heavy atom. The average molecular weight is 398 g/mol. The summed E-state index contributed by atoms with van der Waals surface area (Å²) in [5, 5.41) is 8.75. The molecule has 146 valence electrons. The fourth-order valence-corrected chi connectivity index (χ4v) is 3.66. The van der Waals surface area contributed by atoms with Gasteiger partial charge in [0, 0.05) is 4.88 Å². The van der Waals surface area contributed by atoms with Crippen molar-refractivity contribution in [3.8, 4) is 0 Å². The highest BCUT2D eigenvalue weighted by atomic mass is 32.1. The first-order valence-electron chi connectivity index (χ1n) is 9.01. The Labute approximate surface area is 167 Å². The smallest absolute Gasteiger partial charge is 0.344 e. The number of benzene rings is 1. The van der Waals surface area contributed by atoms with Crippen molar-refractivity contribution in [2.24, 2.45) is 0 Å². The number of amides is 1. The van der Waals surface area contributed by atoms with E-state index in [1.54, 1.807) is 18.3 Å². The van der Waals surface area contributed by atoms with Crippen LogP contribution in [0, 0.1) is 13.8 Å². The van der Waals surface area contributed by atoms with Crippen LogP contribution in [-0.2, 0) is 16.0 Å². The topological polar surface area (TPSA) is 81.4 Å². The Balaban J connectivity index is 1.68. The van der Waals surface area contributed by atoms with E-state index in [9.17, 15) is 9.59 Å². The fourth-order valence-electron chi connectivity index (χ4n) is 2.86. The molecule has 1 unspecified atom stereocenters. The highest BCUT2D eigenvalue weighted by Crippen LogP contribution is 2.26. The molecule has 1 N–H and O–H groups in total. The largest absolute Gasteiger partial charge is 0.452 e. The first-order valence-corrected chi connectivity index (χ1v) is 9.89. The molecule has 0 aliphatic carbocycles. The lowest BCUT2D eigenvalue weighted by molar-refractivity contribution is -0.124. The van der Waals surface area contributed by atoms with Crippen molar-refractivity contribution in [2.45, 2.75) is 33.2 Å². The predicted molar refractivity (Wildman–Crippen MR) is 106 cm³/mol. The molecule has 0 bridgehead atoms. The second kappa shape index (κ2) is 8.84. The molecule has 3 aromatic rings. The van der Waals surface area contributed by atoms with Crippen molar-refractivity contribution in [1.82, 2.24) is 10.5 Å². The van der Waals surface area contributed by atoms with Crippen LogP contribution in [0.3, 0.4) is 0 Å². The lowest BCUT2D eigenvalue weighted by Gasteiger charge is -2.18. The number of carbonyl (C=O) groups excluding carboxylic acids is 2. The molecular formula is C21H22N2O4S. The van der Waals surface area contributed by atoms with Crippen molar-refractivity contribution >= 4 is 23.2 Å². The maximum atomic E-state index is 12.5. The lowest BCUT2D eigenvalue weighted by Crippen LogP contribution is -2.32. The molecular weight excluding hydrogens is 376 g/mol. The summed E-state index contributed by atoms with van der Waals surface area (Å²) < 4.78 is 10.2. The Morgan fingerprint density at radius 1 is 1.21 bits per heavy atom. The average Bonchev–Trinajstić information content (AvgIpc) is 3.34. The molecule has 2 aromatic heterocycles. The molecule has 0 aliphatic heterocycles. The number of nitrogens with one attached hydrogen (secondary N) is 1. The van der Waals surface area contributed by atoms with Crippen LogP contribution >= 0.6 is 11.3 Å². The number of hydrogen-bond donors (Lipinski definition) is 1. The van der Waals surface area contributed by atoms with Gasteiger partial charge in [0.15, 0.2) is 6.61 Å². The molecule has 1 atom stereocenters. The minimum atomic E-state index is -0.603. The molecule has 0 spiro atoms. The zero-order valence-electron chi connectivity index (χ0n) is 16.0. The molecule has 3 rings (SSSR count). The molecule has 2 heterocycles. The molecule has 0 fully saturated rings. The molecule has 6 nitrogen and oxygen atoms in total. The zero-order chi connectivity index (χ0) is 20.1. The maximum Gasteiger partial charge on any atom is 0.344 e. The molecule has 0 radical (unpaired) electrons. The zero-order valence-corrected chi connectivity index (χ0v) is 16.8. The molecule has 28 heavy (non-hydrogen) atoms. The standard InChI is InChI=1S/C21H22N2O4S/c1-4-16-19(14(3)27-23-16)21(25)26-12-18(24)22-20(17-6-5-11-28-17)15-9-7-13(2)8-10-15/h5-11,20H,4,12H2,1-3H3,(H,22,24). The fraction of sp³-hybridized carbons (Fsp3) is 0.286. The predicted octanol–water partition coefficient (Wildman–Crippen LogP) is 3.98. The number of carbonyl (C=O) groups is 2. The van der Waals surface area contributed by atoms with E-state index in [1.807, 2.05) is 55.6 Å². The van der Waals surface area contributed by atoms with Crippen molar-refractivity contribution in [1.29, 1.82) is 0 Å². The van der Waals surface area contributed by atoms with Crippen LogP contribution in [0.4, 0.5) is 0 Å². The van der Waals surface area contributed by atoms with Crippen LogP contribution in [0.25, 0.3) is 0 Å². The molecule has 0 aliphatic rings. The van der Waals surface area contributed by atoms with Crippen LogP contribution in [0.2, 0.25) is 0 Å². The van der Waals surface area contributed by atoms with E-state index in [2.05, 4.69) is 10.5 Å². The third kappa shape index (κ3) is 4.48. The first kappa shape index (κ1) is 19.8. The number of hydrogen-bond acceptors (Lipinski definition) is 6. The summed E-state index contributed by atoms with van der Waals surface area (Å²) in [6, 6.07) is 11.6. The van der Waals surface area contributed by atoms with Gasteiger partial charge in [0.1, 0.15) is 11.3 Å². The van der Waals surface area contributed by atoms with E-state index in [1.165, 1.54) is 0 Å². The first-order chi connectivity index (χ1) is 13.5. The van der Waals surface area contributed by atoms with Gasteiger partial charge in [-0.05, 0) is 37.3 Å². The highest BCUT2D eigenvalue weighted by molar-refractivity contribution is 7.10. The van der Waals surface area contributed by atoms with E-state index in [-0.39, 0.29) is 18.6 Å². The molecule has 0 saturated heterocycles. The summed E-state index contributed by atoms with van der Waals surface area (Å²) in [5.41, 5.74) is 2.93. The highest BCUT2D eigenvalue weighted by Gasteiger charge is 2.23. The number of nitrogens with zero attached hydrogens (tertiary/aromatic N) is 1. The second-order valence-electron chi connectivity index (χ2n) is 6.42. The van der Waals surface area contributed by atoms with Gasteiger partial charge in [0.25, 0.3) is 5.91 Å². The summed E-state index contributed by atoms with van der Waals surface area (Å²) >= 11 is 1.56. The van der Waals surface area contributed by atoms with Crippen LogP contribution in [0.1, 0.15) is 50.8 Å². The summed E-state index contributed by atoms with van der Waals surface area (Å²) in [6.07, 6.45) is 0.543. The van der Waals surface area contributed by atoms with E-state index in [4.69, 9.17) is 9.26 Å². The minimum absolute atomic E-state index is 0.295. The SMILES string of the molecule is CCc1noc(C)c1C(=O)OCC(=O)NC(c1ccc(C)cc1)c1cccs1. The van der Waals surface area contributed by atoms with Gasteiger partial charge < -0.3 is 14.6 Å². The summed E-state index contributed by atoms with van der Waals surface area (Å²) in [6.45, 7) is 5.15. The van der Waals surface area contributed by atoms with E-state index in [0.717, 1.165) is 16.0 Å². The Morgan fingerprint density at radius 3 is 2.61 bits per heavy atom. The molecule has 7 heteroatoms. The number of esters is 1. The monoisotopic (exact) mass is 398 g/mol. The summed E-state index contributed by atoms with van der Waals surface area (Å²) in [7, 11) is 0. The third-order valence-corrected chi connectivity index (χ3v) is 5.29. The van der Waals surface area contributed by atoms with E-state index >= 15 is 0 Å². The van der Waals surface area contributed by atoms with Crippen molar-refractivity contribution in [3.63, 3.8) is 0 Å². The Hall–Kier alpha value is -2.93. The number of ether oxygens (including phenoxy) is 1. The summed E-state index contributed by atoms with van der Waals surface area (Å²) in [5.74, 6) is -0.591. The summed E-state index contributed by atoms with van der Waals surface area (Å²) in [4.78, 5) is 25.8. The normalized spacial score (nSPS) is 11.8. The molecule has 0 saturated carbocycles. The Kier molecular flexibility index (Phi) is 6.26. The van der Waals surface area contributed by atoms with Gasteiger partial charge in [-0.25, -0.2) is 4.79 Å². The van der Waals surface area contributed by atoms with Gasteiger partial charge in [-0.15, -0.1) is 11.3 Å². The van der Waals surface area contributed by atoms with Crippen LogP contribution < -0.4 is 5.32 Å². The van der Waals surface area contributed by atoms with Crippen LogP contribution in [0.5, 0.6) is 0 Å². The number of rotatable bonds is 7. The van der Waals surface area contributed by atoms with Gasteiger partial charge in [-0.3, -0.25) is 4.79 Å². The van der Waals surface area contributed by atoms with Crippen LogP contribution in [-0.4, -0.2) is 23.6 Å². The second-order valence-corrected chi connectivity index (χ2v) is 7.40. The van der Waals surface area contributed by atoms with Gasteiger partial charge in [0.2, 0.25) is 0 Å². The van der Waals surface area contributed by atoms with E-state index < -0.39 is 5.97 Å². The van der Waals surface area contributed by atoms with Gasteiger partial charge >= 0.3 is 5.97 Å². The molecule has 1 amide bonds. The van der Waals surface area contributed by atoms with Crippen LogP contribution in [0.15, 0.2) is 46.3 Å². The maximum absolute atomic E-state index is 12.5. The number of aromatic nitrogens is 1. The Bertz CT molecular complexity index is 945. The lowest BCUT2D eigenvalue weighted by atomic mass is 10.0. The third-order valence-electron chi connectivity index (χ3n) is 4.35. The van der Waals surface area contributed by atoms with Gasteiger partial charge in [-0.2, -0.15) is 0 Å². The molecule has 1 aromatic carbocycles. The number of aryl methyl sites for hydroxylation is 3. The quantitative estimate of drug-likeness (QED) is 0.609. The number of thiophene rings is 1. The van der Waals surface area contributed by atoms with E-state index in [0.29, 0.717) is 23.4 Å². The van der Waals surface area contributed by atoms with Crippen molar-refractivity contribution in [2.75, 3.05) is 6.61 Å². The minimum Gasteiger partial charge on any atom is -0.452 e.